The molecule has 100 valence electrons. The number of halogens is 1. The predicted octanol–water partition coefficient (Wildman–Crippen LogP) is 3.73. The van der Waals surface area contributed by atoms with E-state index in [4.69, 9.17) is 11.6 Å². The van der Waals surface area contributed by atoms with Crippen molar-refractivity contribution in [2.75, 3.05) is 13.6 Å². The molecule has 0 atom stereocenters. The summed E-state index contributed by atoms with van der Waals surface area (Å²) in [7, 11) is 1.99. The van der Waals surface area contributed by atoms with Crippen LogP contribution in [0.4, 0.5) is 5.69 Å². The lowest BCUT2D eigenvalue weighted by Gasteiger charge is -2.26. The Labute approximate surface area is 113 Å². The Kier molecular flexibility index (Phi) is 4.71. The Morgan fingerprint density at radius 1 is 1.39 bits per heavy atom. The van der Waals surface area contributed by atoms with Crippen molar-refractivity contribution in [1.29, 1.82) is 0 Å². The van der Waals surface area contributed by atoms with Crippen molar-refractivity contribution < 1.29 is 4.92 Å². The fraction of sp³-hybridized carbons (Fsp3) is 0.538. The van der Waals surface area contributed by atoms with Crippen molar-refractivity contribution in [3.05, 3.63) is 38.9 Å². The number of benzene rings is 1. The highest BCUT2D eigenvalue weighted by molar-refractivity contribution is 6.31. The predicted molar refractivity (Wildman–Crippen MR) is 73.9 cm³/mol. The quantitative estimate of drug-likeness (QED) is 0.619. The summed E-state index contributed by atoms with van der Waals surface area (Å²) in [6, 6.07) is 4.55. The molecular formula is C13H19ClN2O2. The van der Waals surface area contributed by atoms with Crippen LogP contribution < -0.4 is 0 Å². The minimum absolute atomic E-state index is 0.0820. The Morgan fingerprint density at radius 2 is 2.00 bits per heavy atom. The number of nitrogens with zero attached hydrogens (tertiary/aromatic N) is 2. The normalized spacial score (nSPS) is 11.9. The van der Waals surface area contributed by atoms with E-state index in [-0.39, 0.29) is 11.1 Å². The van der Waals surface area contributed by atoms with E-state index in [1.807, 2.05) is 7.05 Å². The number of nitro groups is 1. The molecule has 0 saturated heterocycles. The van der Waals surface area contributed by atoms with Crippen LogP contribution in [0.5, 0.6) is 0 Å². The molecule has 0 unspecified atom stereocenters. The molecule has 0 heterocycles. The molecule has 1 aromatic rings. The van der Waals surface area contributed by atoms with Crippen LogP contribution in [-0.4, -0.2) is 23.4 Å². The molecule has 1 aromatic carbocycles. The number of nitro benzene ring substituents is 1. The van der Waals surface area contributed by atoms with Crippen molar-refractivity contribution in [2.24, 2.45) is 5.41 Å². The zero-order valence-electron chi connectivity index (χ0n) is 11.2. The third kappa shape index (κ3) is 4.63. The van der Waals surface area contributed by atoms with Crippen LogP contribution in [0.15, 0.2) is 18.2 Å². The molecule has 1 rings (SSSR count). The van der Waals surface area contributed by atoms with E-state index in [0.29, 0.717) is 11.6 Å². The lowest BCUT2D eigenvalue weighted by molar-refractivity contribution is -0.384. The molecule has 5 heteroatoms. The van der Waals surface area contributed by atoms with Crippen molar-refractivity contribution in [3.63, 3.8) is 0 Å². The molecule has 4 nitrogen and oxygen atoms in total. The van der Waals surface area contributed by atoms with Crippen LogP contribution in [-0.2, 0) is 6.54 Å². The first-order chi connectivity index (χ1) is 8.19. The van der Waals surface area contributed by atoms with Gasteiger partial charge >= 0.3 is 0 Å². The maximum atomic E-state index is 10.7. The first kappa shape index (κ1) is 14.9. The van der Waals surface area contributed by atoms with Crippen LogP contribution in [0.1, 0.15) is 26.3 Å². The highest BCUT2D eigenvalue weighted by Gasteiger charge is 2.16. The van der Waals surface area contributed by atoms with Gasteiger partial charge in [0.15, 0.2) is 0 Å². The van der Waals surface area contributed by atoms with E-state index >= 15 is 0 Å². The van der Waals surface area contributed by atoms with E-state index < -0.39 is 4.92 Å². The minimum atomic E-state index is -0.399. The maximum Gasteiger partial charge on any atom is 0.269 e. The fourth-order valence-corrected chi connectivity index (χ4v) is 2.13. The molecule has 0 saturated carbocycles. The van der Waals surface area contributed by atoms with E-state index in [9.17, 15) is 10.1 Å². The van der Waals surface area contributed by atoms with Gasteiger partial charge in [-0.15, -0.1) is 0 Å². The highest BCUT2D eigenvalue weighted by atomic mass is 35.5. The summed E-state index contributed by atoms with van der Waals surface area (Å²) in [5, 5.41) is 11.3. The molecule has 0 fully saturated rings. The molecule has 0 N–H and O–H groups in total. The molecule has 0 aromatic heterocycles. The van der Waals surface area contributed by atoms with Crippen molar-refractivity contribution in [1.82, 2.24) is 4.90 Å². The second kappa shape index (κ2) is 5.67. The first-order valence-corrected chi connectivity index (χ1v) is 6.18. The maximum absolute atomic E-state index is 10.7. The SMILES string of the molecule is CN(Cc1cc([N+](=O)[O-])ccc1Cl)CC(C)(C)C. The second-order valence-corrected chi connectivity index (χ2v) is 6.17. The molecule has 18 heavy (non-hydrogen) atoms. The van der Waals surface area contributed by atoms with E-state index in [0.717, 1.165) is 12.1 Å². The fourth-order valence-electron chi connectivity index (χ4n) is 1.95. The topological polar surface area (TPSA) is 46.4 Å². The number of rotatable bonds is 4. The van der Waals surface area contributed by atoms with Gasteiger partial charge < -0.3 is 4.90 Å². The Morgan fingerprint density at radius 3 is 2.50 bits per heavy atom. The lowest BCUT2D eigenvalue weighted by Crippen LogP contribution is -2.28. The molecule has 0 aliphatic heterocycles. The summed E-state index contributed by atoms with van der Waals surface area (Å²) in [6.07, 6.45) is 0. The summed E-state index contributed by atoms with van der Waals surface area (Å²) in [4.78, 5) is 12.4. The molecule has 0 aliphatic carbocycles. The van der Waals surface area contributed by atoms with Crippen LogP contribution >= 0.6 is 11.6 Å². The van der Waals surface area contributed by atoms with E-state index in [1.54, 1.807) is 12.1 Å². The van der Waals surface area contributed by atoms with Gasteiger partial charge in [-0.25, -0.2) is 0 Å². The van der Waals surface area contributed by atoms with Gasteiger partial charge in [0.05, 0.1) is 4.92 Å². The second-order valence-electron chi connectivity index (χ2n) is 5.77. The van der Waals surface area contributed by atoms with Gasteiger partial charge in [0, 0.05) is 30.2 Å². The van der Waals surface area contributed by atoms with Gasteiger partial charge in [0.1, 0.15) is 0 Å². The van der Waals surface area contributed by atoms with Gasteiger partial charge in [0.25, 0.3) is 5.69 Å². The average Bonchev–Trinajstić information content (AvgIpc) is 2.18. The Bertz CT molecular complexity index is 441. The standard InChI is InChI=1S/C13H19ClN2O2/c1-13(2,3)9-15(4)8-10-7-11(16(17)18)5-6-12(10)14/h5-7H,8-9H2,1-4H3. The van der Waals surface area contributed by atoms with Crippen molar-refractivity contribution >= 4 is 17.3 Å². The minimum Gasteiger partial charge on any atom is -0.302 e. The van der Waals surface area contributed by atoms with E-state index in [2.05, 4.69) is 25.7 Å². The zero-order valence-corrected chi connectivity index (χ0v) is 12.0. The third-order valence-corrected chi connectivity index (χ3v) is 2.79. The van der Waals surface area contributed by atoms with Crippen LogP contribution in [0, 0.1) is 15.5 Å². The third-order valence-electron chi connectivity index (χ3n) is 2.42. The van der Waals surface area contributed by atoms with Crippen LogP contribution in [0.25, 0.3) is 0 Å². The molecule has 0 spiro atoms. The number of non-ortho nitro benzene ring substituents is 1. The number of hydrogen-bond donors (Lipinski definition) is 0. The molecule has 0 amide bonds. The number of hydrogen-bond acceptors (Lipinski definition) is 3. The molecule has 0 radical (unpaired) electrons. The molecule has 0 aliphatic rings. The molecule has 0 bridgehead atoms. The smallest absolute Gasteiger partial charge is 0.269 e. The van der Waals surface area contributed by atoms with Crippen LogP contribution in [0.2, 0.25) is 5.02 Å². The summed E-state index contributed by atoms with van der Waals surface area (Å²) in [5.74, 6) is 0. The molecular weight excluding hydrogens is 252 g/mol. The van der Waals surface area contributed by atoms with Gasteiger partial charge in [-0.1, -0.05) is 32.4 Å². The monoisotopic (exact) mass is 270 g/mol. The zero-order chi connectivity index (χ0) is 13.9. The van der Waals surface area contributed by atoms with Gasteiger partial charge in [-0.3, -0.25) is 10.1 Å². The Balaban J connectivity index is 2.83. The summed E-state index contributed by atoms with van der Waals surface area (Å²) >= 11 is 6.07. The highest BCUT2D eigenvalue weighted by Crippen LogP contribution is 2.24. The van der Waals surface area contributed by atoms with Crippen molar-refractivity contribution in [2.45, 2.75) is 27.3 Å². The van der Waals surface area contributed by atoms with E-state index in [1.165, 1.54) is 6.07 Å². The largest absolute Gasteiger partial charge is 0.302 e. The van der Waals surface area contributed by atoms with Gasteiger partial charge in [-0.05, 0) is 24.1 Å². The summed E-state index contributed by atoms with van der Waals surface area (Å²) in [5.41, 5.74) is 1.05. The summed E-state index contributed by atoms with van der Waals surface area (Å²) in [6.45, 7) is 7.96. The summed E-state index contributed by atoms with van der Waals surface area (Å²) < 4.78 is 0. The van der Waals surface area contributed by atoms with Crippen molar-refractivity contribution in [3.8, 4) is 0 Å². The average molecular weight is 271 g/mol. The van der Waals surface area contributed by atoms with Gasteiger partial charge in [-0.2, -0.15) is 0 Å². The lowest BCUT2D eigenvalue weighted by atomic mass is 9.96. The first-order valence-electron chi connectivity index (χ1n) is 5.80. The van der Waals surface area contributed by atoms with Crippen LogP contribution in [0.3, 0.4) is 0 Å². The van der Waals surface area contributed by atoms with Gasteiger partial charge in [0.2, 0.25) is 0 Å². The Hall–Kier alpha value is -1.13.